The van der Waals surface area contributed by atoms with Gasteiger partial charge >= 0.3 is 0 Å². The number of benzene rings is 2. The third-order valence-corrected chi connectivity index (χ3v) is 4.90. The van der Waals surface area contributed by atoms with E-state index < -0.39 is 0 Å². The number of H-pyrrole nitrogens is 1. The molecule has 2 aromatic carbocycles. The lowest BCUT2D eigenvalue weighted by atomic mass is 10.0. The summed E-state index contributed by atoms with van der Waals surface area (Å²) in [5.74, 6) is 0.705. The van der Waals surface area contributed by atoms with Gasteiger partial charge in [-0.2, -0.15) is 0 Å². The summed E-state index contributed by atoms with van der Waals surface area (Å²) in [6.45, 7) is 2.99. The topological polar surface area (TPSA) is 55.7 Å². The van der Waals surface area contributed by atoms with Gasteiger partial charge in [-0.3, -0.25) is 0 Å². The maximum atomic E-state index is 5.73. The van der Waals surface area contributed by atoms with Crippen LogP contribution in [-0.4, -0.2) is 30.5 Å². The molecular formula is C21H23ClN4+2. The zero-order valence-electron chi connectivity index (χ0n) is 14.6. The Morgan fingerprint density at radius 3 is 2.85 bits per heavy atom. The number of nitrogens with two attached hydrogens (primary N) is 1. The summed E-state index contributed by atoms with van der Waals surface area (Å²) in [5, 5.41) is 9.42. The fourth-order valence-electron chi connectivity index (χ4n) is 3.42. The first-order valence-corrected chi connectivity index (χ1v) is 9.65. The second-order valence-corrected chi connectivity index (χ2v) is 6.81. The molecular weight excluding hydrogens is 344 g/mol. The molecule has 0 aliphatic heterocycles. The largest absolute Gasteiger partial charge is 0.384 e. The van der Waals surface area contributed by atoms with E-state index in [2.05, 4.69) is 52.0 Å². The highest BCUT2D eigenvalue weighted by Gasteiger charge is 2.14. The number of nitrogens with one attached hydrogen (secondary N) is 2. The minimum atomic E-state index is 0.705. The third-order valence-electron chi connectivity index (χ3n) is 4.68. The van der Waals surface area contributed by atoms with E-state index >= 15 is 0 Å². The van der Waals surface area contributed by atoms with Gasteiger partial charge in [-0.25, -0.2) is 9.97 Å². The van der Waals surface area contributed by atoms with Crippen molar-refractivity contribution >= 4 is 50.0 Å². The van der Waals surface area contributed by atoms with Crippen molar-refractivity contribution in [3.63, 3.8) is 0 Å². The van der Waals surface area contributed by atoms with Gasteiger partial charge in [-0.05, 0) is 24.3 Å². The smallest absolute Gasteiger partial charge is 0.237 e. The van der Waals surface area contributed by atoms with Crippen LogP contribution in [-0.2, 0) is 0 Å². The van der Waals surface area contributed by atoms with Gasteiger partial charge in [-0.15, -0.1) is 11.6 Å². The number of nitrogens with zero attached hydrogens (tertiary/aromatic N) is 1. The van der Waals surface area contributed by atoms with E-state index in [1.165, 1.54) is 16.5 Å². The maximum Gasteiger partial charge on any atom is 0.237 e. The summed E-state index contributed by atoms with van der Waals surface area (Å²) in [6, 6.07) is 16.8. The number of hydrogen-bond donors (Lipinski definition) is 2. The zero-order valence-corrected chi connectivity index (χ0v) is 15.4. The minimum Gasteiger partial charge on any atom is -0.384 e. The predicted octanol–water partition coefficient (Wildman–Crippen LogP) is 2.96. The molecule has 4 rings (SSSR count). The molecule has 2 heterocycles. The van der Waals surface area contributed by atoms with Gasteiger partial charge in [0.25, 0.3) is 0 Å². The van der Waals surface area contributed by atoms with Crippen LogP contribution in [0.3, 0.4) is 0 Å². The van der Waals surface area contributed by atoms with Crippen molar-refractivity contribution in [1.82, 2.24) is 4.98 Å². The molecule has 0 aliphatic carbocycles. The molecule has 4 N–H and O–H groups in total. The lowest BCUT2D eigenvalue weighted by Gasteiger charge is -2.13. The highest BCUT2D eigenvalue weighted by atomic mass is 35.5. The Morgan fingerprint density at radius 1 is 1.00 bits per heavy atom. The predicted molar refractivity (Wildman–Crippen MR) is 109 cm³/mol. The van der Waals surface area contributed by atoms with Crippen LogP contribution in [0.4, 0.5) is 5.69 Å². The Bertz CT molecular complexity index is 1050. The van der Waals surface area contributed by atoms with Gasteiger partial charge in [0.2, 0.25) is 5.52 Å². The molecule has 0 saturated heterocycles. The number of aromatic amines is 1. The third kappa shape index (κ3) is 3.30. The van der Waals surface area contributed by atoms with E-state index in [1.807, 2.05) is 18.3 Å². The SMILES string of the molecule is ClCC[NH2+]CCCNc1c2ccccc2nc2c1ccc1ccc[nH+]c12. The first-order chi connectivity index (χ1) is 12.9. The van der Waals surface area contributed by atoms with Gasteiger partial charge in [0.1, 0.15) is 5.52 Å². The number of anilines is 1. The molecule has 0 spiro atoms. The molecule has 0 amide bonds. The van der Waals surface area contributed by atoms with Gasteiger partial charge in [0.05, 0.1) is 30.2 Å². The van der Waals surface area contributed by atoms with Crippen LogP contribution in [0.2, 0.25) is 0 Å². The van der Waals surface area contributed by atoms with Crippen molar-refractivity contribution in [2.24, 2.45) is 0 Å². The van der Waals surface area contributed by atoms with Gasteiger partial charge in [0.15, 0.2) is 6.20 Å². The van der Waals surface area contributed by atoms with Gasteiger partial charge in [-0.1, -0.05) is 18.2 Å². The first kappa shape index (κ1) is 17.0. The highest BCUT2D eigenvalue weighted by molar-refractivity contribution is 6.18. The molecule has 0 fully saturated rings. The standard InChI is InChI=1S/C21H21ClN4/c22-10-14-23-11-4-13-25-20-16-6-1-2-7-18(16)26-21-17(20)9-8-15-5-3-12-24-19(15)21/h1-3,5-9,12,23H,4,10-11,13-14H2,(H,25,26)/p+2. The molecule has 0 aliphatic rings. The summed E-state index contributed by atoms with van der Waals surface area (Å²) in [5.41, 5.74) is 4.27. The Labute approximate surface area is 157 Å². The molecule has 132 valence electrons. The maximum absolute atomic E-state index is 5.73. The molecule has 0 saturated carbocycles. The van der Waals surface area contributed by atoms with Crippen molar-refractivity contribution in [2.75, 3.05) is 30.8 Å². The van der Waals surface area contributed by atoms with Gasteiger partial charge in [0, 0.05) is 35.2 Å². The number of aromatic nitrogens is 2. The van der Waals surface area contributed by atoms with E-state index in [9.17, 15) is 0 Å². The molecule has 0 radical (unpaired) electrons. The van der Waals surface area contributed by atoms with Crippen LogP contribution in [0.15, 0.2) is 54.7 Å². The van der Waals surface area contributed by atoms with Crippen LogP contribution >= 0.6 is 11.6 Å². The summed E-state index contributed by atoms with van der Waals surface area (Å²) in [7, 11) is 0. The van der Waals surface area contributed by atoms with E-state index in [0.29, 0.717) is 5.88 Å². The fraction of sp³-hybridized carbons (Fsp3) is 0.238. The van der Waals surface area contributed by atoms with Crippen LogP contribution < -0.4 is 15.6 Å². The van der Waals surface area contributed by atoms with Crippen LogP contribution in [0, 0.1) is 0 Å². The molecule has 4 nitrogen and oxygen atoms in total. The summed E-state index contributed by atoms with van der Waals surface area (Å²) in [6.07, 6.45) is 3.05. The molecule has 4 aromatic rings. The van der Waals surface area contributed by atoms with Crippen molar-refractivity contribution in [3.05, 3.63) is 54.7 Å². The molecule has 2 aromatic heterocycles. The number of alkyl halides is 1. The van der Waals surface area contributed by atoms with Crippen LogP contribution in [0.5, 0.6) is 0 Å². The second-order valence-electron chi connectivity index (χ2n) is 6.44. The normalized spacial score (nSPS) is 11.4. The van der Waals surface area contributed by atoms with Crippen LogP contribution in [0.25, 0.3) is 32.7 Å². The minimum absolute atomic E-state index is 0.705. The number of quaternary nitrogens is 1. The second kappa shape index (κ2) is 7.85. The van der Waals surface area contributed by atoms with E-state index in [1.54, 1.807) is 0 Å². The first-order valence-electron chi connectivity index (χ1n) is 9.12. The van der Waals surface area contributed by atoms with Gasteiger partial charge < -0.3 is 10.6 Å². The molecule has 26 heavy (non-hydrogen) atoms. The summed E-state index contributed by atoms with van der Waals surface area (Å²) < 4.78 is 0. The van der Waals surface area contributed by atoms with E-state index in [4.69, 9.17) is 16.6 Å². The van der Waals surface area contributed by atoms with Crippen molar-refractivity contribution in [3.8, 4) is 0 Å². The van der Waals surface area contributed by atoms with Crippen LogP contribution in [0.1, 0.15) is 6.42 Å². The number of rotatable bonds is 7. The lowest BCUT2D eigenvalue weighted by molar-refractivity contribution is -0.650. The van der Waals surface area contributed by atoms with E-state index in [0.717, 1.165) is 48.0 Å². The summed E-state index contributed by atoms with van der Waals surface area (Å²) in [4.78, 5) is 8.31. The molecule has 0 atom stereocenters. The Hall–Kier alpha value is -2.43. The van der Waals surface area contributed by atoms with Crippen molar-refractivity contribution < 1.29 is 10.3 Å². The fourth-order valence-corrected chi connectivity index (χ4v) is 3.57. The number of para-hydroxylation sites is 1. The number of pyridine rings is 2. The molecule has 5 heteroatoms. The summed E-state index contributed by atoms with van der Waals surface area (Å²) >= 11 is 5.73. The quantitative estimate of drug-likeness (QED) is 0.229. The zero-order chi connectivity index (χ0) is 17.8. The Balaban J connectivity index is 1.76. The number of hydrogen-bond acceptors (Lipinski definition) is 2. The highest BCUT2D eigenvalue weighted by Crippen LogP contribution is 2.33. The Kier molecular flexibility index (Phi) is 5.14. The monoisotopic (exact) mass is 366 g/mol. The molecule has 0 unspecified atom stereocenters. The Morgan fingerprint density at radius 2 is 1.92 bits per heavy atom. The van der Waals surface area contributed by atoms with E-state index in [-0.39, 0.29) is 0 Å². The molecule has 0 bridgehead atoms. The lowest BCUT2D eigenvalue weighted by Crippen LogP contribution is -2.85. The van der Waals surface area contributed by atoms with Crippen molar-refractivity contribution in [1.29, 1.82) is 0 Å². The number of halogens is 1. The number of fused-ring (bicyclic) bond motifs is 4. The van der Waals surface area contributed by atoms with Crippen molar-refractivity contribution in [2.45, 2.75) is 6.42 Å². The average Bonchev–Trinajstić information content (AvgIpc) is 2.69. The average molecular weight is 367 g/mol.